The molecule has 1 aliphatic heterocycles. The fraction of sp³-hybridized carbons (Fsp3) is 0.429. The number of nitrogens with zero attached hydrogens (tertiary/aromatic N) is 1. The number of benzene rings is 1. The maximum Gasteiger partial charge on any atom is 0.307 e. The molecule has 0 radical (unpaired) electrons. The molecule has 1 amide bonds. The highest BCUT2D eigenvalue weighted by molar-refractivity contribution is 5.84. The molecule has 1 fully saturated rings. The maximum atomic E-state index is 13.9. The molecule has 0 spiro atoms. The Balaban J connectivity index is 2.23. The first-order chi connectivity index (χ1) is 9.93. The van der Waals surface area contributed by atoms with Gasteiger partial charge in [0.25, 0.3) is 0 Å². The lowest BCUT2D eigenvalue weighted by Gasteiger charge is -2.24. The third kappa shape index (κ3) is 3.18. The van der Waals surface area contributed by atoms with E-state index in [4.69, 9.17) is 0 Å². The molecule has 5 nitrogen and oxygen atoms in total. The van der Waals surface area contributed by atoms with Crippen LogP contribution in [-0.4, -0.2) is 36.5 Å². The van der Waals surface area contributed by atoms with Crippen LogP contribution in [0.4, 0.5) is 8.78 Å². The summed E-state index contributed by atoms with van der Waals surface area (Å²) in [7, 11) is 1.26. The Labute approximate surface area is 120 Å². The Morgan fingerprint density at radius 3 is 2.76 bits per heavy atom. The van der Waals surface area contributed by atoms with Gasteiger partial charge < -0.3 is 9.64 Å². The average molecular weight is 298 g/mol. The van der Waals surface area contributed by atoms with Gasteiger partial charge in [-0.25, -0.2) is 8.78 Å². The molecule has 1 aliphatic rings. The molecule has 1 saturated heterocycles. The lowest BCUT2D eigenvalue weighted by Crippen LogP contribution is -2.33. The molecule has 0 saturated carbocycles. The number of carbonyl (C=O) groups excluding carboxylic acids is 2. The summed E-state index contributed by atoms with van der Waals surface area (Å²) in [6.45, 7) is 1.75. The van der Waals surface area contributed by atoms with E-state index in [0.29, 0.717) is 0 Å². The average Bonchev–Trinajstić information content (AvgIpc) is 2.72. The molecule has 1 heterocycles. The van der Waals surface area contributed by atoms with Crippen molar-refractivity contribution in [3.8, 4) is 0 Å². The van der Waals surface area contributed by atoms with Crippen molar-refractivity contribution in [2.75, 3.05) is 13.7 Å². The van der Waals surface area contributed by atoms with E-state index >= 15 is 0 Å². The minimum atomic E-state index is -0.738. The standard InChI is InChI=1S/C14H16F2N2O3/c1-8-14(20)18(6-5-12(19)21-2)13(17-8)10-4-3-9(15)7-11(10)16/h3-4,7-8,13,17H,5-6H2,1-2H3. The molecule has 0 bridgehead atoms. The fourth-order valence-electron chi connectivity index (χ4n) is 2.31. The molecule has 114 valence electrons. The zero-order chi connectivity index (χ0) is 15.6. The van der Waals surface area contributed by atoms with E-state index in [0.717, 1.165) is 12.1 Å². The van der Waals surface area contributed by atoms with Crippen LogP contribution >= 0.6 is 0 Å². The van der Waals surface area contributed by atoms with Crippen LogP contribution in [0.25, 0.3) is 0 Å². The van der Waals surface area contributed by atoms with E-state index in [1.807, 2.05) is 0 Å². The Hall–Kier alpha value is -2.02. The Bertz CT molecular complexity index is 565. The number of hydrogen-bond acceptors (Lipinski definition) is 4. The van der Waals surface area contributed by atoms with Gasteiger partial charge in [0.2, 0.25) is 5.91 Å². The van der Waals surface area contributed by atoms with Crippen molar-refractivity contribution >= 4 is 11.9 Å². The van der Waals surface area contributed by atoms with E-state index in [1.54, 1.807) is 6.92 Å². The van der Waals surface area contributed by atoms with E-state index in [-0.39, 0.29) is 24.4 Å². The number of esters is 1. The van der Waals surface area contributed by atoms with Gasteiger partial charge in [-0.1, -0.05) is 0 Å². The van der Waals surface area contributed by atoms with Crippen molar-refractivity contribution < 1.29 is 23.1 Å². The molecule has 0 aromatic heterocycles. The van der Waals surface area contributed by atoms with Crippen LogP contribution in [0, 0.1) is 11.6 Å². The van der Waals surface area contributed by atoms with Gasteiger partial charge in [-0.2, -0.15) is 0 Å². The van der Waals surface area contributed by atoms with Gasteiger partial charge >= 0.3 is 5.97 Å². The van der Waals surface area contributed by atoms with Gasteiger partial charge in [-0.15, -0.1) is 0 Å². The monoisotopic (exact) mass is 298 g/mol. The molecular weight excluding hydrogens is 282 g/mol. The quantitative estimate of drug-likeness (QED) is 0.852. The number of amides is 1. The van der Waals surface area contributed by atoms with E-state index < -0.39 is 29.8 Å². The molecule has 1 aromatic carbocycles. The van der Waals surface area contributed by atoms with Gasteiger partial charge in [0.05, 0.1) is 19.6 Å². The fourth-order valence-corrected chi connectivity index (χ4v) is 2.31. The highest BCUT2D eigenvalue weighted by Gasteiger charge is 2.38. The highest BCUT2D eigenvalue weighted by Crippen LogP contribution is 2.27. The number of methoxy groups -OCH3 is 1. The van der Waals surface area contributed by atoms with Crippen molar-refractivity contribution in [2.45, 2.75) is 25.6 Å². The molecule has 2 unspecified atom stereocenters. The molecule has 21 heavy (non-hydrogen) atoms. The van der Waals surface area contributed by atoms with Crippen molar-refractivity contribution in [3.05, 3.63) is 35.4 Å². The highest BCUT2D eigenvalue weighted by atomic mass is 19.1. The first-order valence-corrected chi connectivity index (χ1v) is 6.52. The zero-order valence-corrected chi connectivity index (χ0v) is 11.7. The smallest absolute Gasteiger partial charge is 0.307 e. The van der Waals surface area contributed by atoms with Gasteiger partial charge in [0.1, 0.15) is 17.8 Å². The van der Waals surface area contributed by atoms with Crippen LogP contribution in [0.3, 0.4) is 0 Å². The van der Waals surface area contributed by atoms with Crippen LogP contribution < -0.4 is 5.32 Å². The number of carbonyl (C=O) groups is 2. The number of hydrogen-bond donors (Lipinski definition) is 1. The molecule has 1 aromatic rings. The molecule has 2 atom stereocenters. The summed E-state index contributed by atoms with van der Waals surface area (Å²) < 4.78 is 31.4. The second-order valence-electron chi connectivity index (χ2n) is 4.81. The number of ether oxygens (including phenoxy) is 1. The topological polar surface area (TPSA) is 58.6 Å². The third-order valence-electron chi connectivity index (χ3n) is 3.41. The number of rotatable bonds is 4. The second-order valence-corrected chi connectivity index (χ2v) is 4.81. The summed E-state index contributed by atoms with van der Waals surface area (Å²) in [6.07, 6.45) is -0.714. The summed E-state index contributed by atoms with van der Waals surface area (Å²) in [5.74, 6) is -2.12. The predicted octanol–water partition coefficient (Wildman–Crippen LogP) is 1.35. The van der Waals surface area contributed by atoms with Crippen LogP contribution in [0.1, 0.15) is 25.1 Å². The van der Waals surface area contributed by atoms with Gasteiger partial charge in [0.15, 0.2) is 0 Å². The normalized spacial score (nSPS) is 21.7. The lowest BCUT2D eigenvalue weighted by atomic mass is 10.1. The van der Waals surface area contributed by atoms with Gasteiger partial charge in [0, 0.05) is 18.2 Å². The summed E-state index contributed by atoms with van der Waals surface area (Å²) in [5, 5.41) is 2.93. The lowest BCUT2D eigenvalue weighted by molar-refractivity contribution is -0.141. The number of halogens is 2. The first kappa shape index (κ1) is 15.4. The third-order valence-corrected chi connectivity index (χ3v) is 3.41. The minimum absolute atomic E-state index is 0.00987. The van der Waals surface area contributed by atoms with Crippen molar-refractivity contribution in [2.24, 2.45) is 0 Å². The Kier molecular flexibility index (Phi) is 4.52. The van der Waals surface area contributed by atoms with Crippen LogP contribution in [0.2, 0.25) is 0 Å². The van der Waals surface area contributed by atoms with Crippen LogP contribution in [0.5, 0.6) is 0 Å². The summed E-state index contributed by atoms with van der Waals surface area (Å²) in [6, 6.07) is 2.69. The van der Waals surface area contributed by atoms with Crippen molar-refractivity contribution in [1.29, 1.82) is 0 Å². The van der Waals surface area contributed by atoms with E-state index in [9.17, 15) is 18.4 Å². The van der Waals surface area contributed by atoms with E-state index in [1.165, 1.54) is 18.1 Å². The van der Waals surface area contributed by atoms with E-state index in [2.05, 4.69) is 10.1 Å². The molecule has 1 N–H and O–H groups in total. The minimum Gasteiger partial charge on any atom is -0.469 e. The van der Waals surface area contributed by atoms with Crippen molar-refractivity contribution in [1.82, 2.24) is 10.2 Å². The zero-order valence-electron chi connectivity index (χ0n) is 11.7. The summed E-state index contributed by atoms with van der Waals surface area (Å²) in [5.41, 5.74) is 0.166. The summed E-state index contributed by atoms with van der Waals surface area (Å²) in [4.78, 5) is 24.6. The molecule has 2 rings (SSSR count). The largest absolute Gasteiger partial charge is 0.469 e. The number of nitrogens with one attached hydrogen (secondary N) is 1. The van der Waals surface area contributed by atoms with Gasteiger partial charge in [-0.05, 0) is 19.1 Å². The SMILES string of the molecule is COC(=O)CCN1C(=O)C(C)NC1c1ccc(F)cc1F. The first-order valence-electron chi connectivity index (χ1n) is 6.52. The van der Waals surface area contributed by atoms with Gasteiger partial charge in [-0.3, -0.25) is 14.9 Å². The Morgan fingerprint density at radius 1 is 1.43 bits per heavy atom. The van der Waals surface area contributed by atoms with Crippen molar-refractivity contribution in [3.63, 3.8) is 0 Å². The second kappa shape index (κ2) is 6.17. The summed E-state index contributed by atoms with van der Waals surface area (Å²) >= 11 is 0. The predicted molar refractivity (Wildman–Crippen MR) is 70.0 cm³/mol. The molecular formula is C14H16F2N2O3. The molecule has 0 aliphatic carbocycles. The molecule has 7 heteroatoms. The van der Waals surface area contributed by atoms with Crippen LogP contribution in [-0.2, 0) is 14.3 Å². The van der Waals surface area contributed by atoms with Crippen LogP contribution in [0.15, 0.2) is 18.2 Å². The Morgan fingerprint density at radius 2 is 2.14 bits per heavy atom. The maximum absolute atomic E-state index is 13.9.